The average molecular weight is 526 g/mol. The first-order valence-corrected chi connectivity index (χ1v) is 12.7. The van der Waals surface area contributed by atoms with Crippen LogP contribution in [0, 0.1) is 5.82 Å². The van der Waals surface area contributed by atoms with Crippen LogP contribution in [0.1, 0.15) is 35.8 Å². The number of benzene rings is 3. The highest BCUT2D eigenvalue weighted by Crippen LogP contribution is 2.38. The van der Waals surface area contributed by atoms with Crippen LogP contribution in [-0.2, 0) is 0 Å². The number of amides is 1. The van der Waals surface area contributed by atoms with E-state index in [-0.39, 0.29) is 17.2 Å². The fourth-order valence-corrected chi connectivity index (χ4v) is 4.67. The summed E-state index contributed by atoms with van der Waals surface area (Å²) in [5.74, 6) is -0.147. The van der Waals surface area contributed by atoms with Gasteiger partial charge in [0.2, 0.25) is 0 Å². The number of phenols is 1. The van der Waals surface area contributed by atoms with E-state index >= 15 is 0 Å². The Kier molecular flexibility index (Phi) is 7.19. The number of halogens is 1. The summed E-state index contributed by atoms with van der Waals surface area (Å²) in [5.41, 5.74) is 2.61. The Hall–Kier alpha value is -4.50. The van der Waals surface area contributed by atoms with Crippen LogP contribution in [-0.4, -0.2) is 26.0 Å². The summed E-state index contributed by atoms with van der Waals surface area (Å²) in [4.78, 5) is 27.9. The van der Waals surface area contributed by atoms with E-state index in [1.807, 2.05) is 30.3 Å². The number of nitrogens with one attached hydrogen (secondary N) is 2. The van der Waals surface area contributed by atoms with Crippen molar-refractivity contribution in [3.05, 3.63) is 102 Å². The topological polar surface area (TPSA) is 100 Å². The Labute approximate surface area is 223 Å². The summed E-state index contributed by atoms with van der Waals surface area (Å²) in [7, 11) is 0. The van der Waals surface area contributed by atoms with E-state index in [1.165, 1.54) is 36.3 Å². The number of nitrogens with zero attached hydrogens (tertiary/aromatic N) is 3. The predicted molar refractivity (Wildman–Crippen MR) is 148 cm³/mol. The molecule has 0 bridgehead atoms. The summed E-state index contributed by atoms with van der Waals surface area (Å²) in [6.45, 7) is 4.14. The van der Waals surface area contributed by atoms with Gasteiger partial charge in [-0.1, -0.05) is 37.7 Å². The molecule has 0 atom stereocenters. The lowest BCUT2D eigenvalue weighted by molar-refractivity contribution is 0.102. The predicted octanol–water partition coefficient (Wildman–Crippen LogP) is 7.14. The van der Waals surface area contributed by atoms with E-state index in [1.54, 1.807) is 30.3 Å². The number of pyridine rings is 1. The normalized spacial score (nSPS) is 11.1. The van der Waals surface area contributed by atoms with Crippen molar-refractivity contribution in [2.75, 3.05) is 10.6 Å². The van der Waals surface area contributed by atoms with Gasteiger partial charge in [-0.25, -0.2) is 19.3 Å². The maximum absolute atomic E-state index is 14.2. The molecule has 0 spiro atoms. The van der Waals surface area contributed by atoms with Gasteiger partial charge in [-0.15, -0.1) is 0 Å². The fourth-order valence-electron chi connectivity index (χ4n) is 3.79. The Balaban J connectivity index is 1.51. The number of aromatic nitrogens is 3. The highest BCUT2D eigenvalue weighted by Gasteiger charge is 2.15. The summed E-state index contributed by atoms with van der Waals surface area (Å²) < 4.78 is 14.2. The van der Waals surface area contributed by atoms with Gasteiger partial charge in [0.15, 0.2) is 5.65 Å². The molecule has 0 unspecified atom stereocenters. The van der Waals surface area contributed by atoms with Crippen molar-refractivity contribution < 1.29 is 14.3 Å². The maximum atomic E-state index is 14.2. The molecule has 3 aromatic carbocycles. The Morgan fingerprint density at radius 1 is 0.974 bits per heavy atom. The summed E-state index contributed by atoms with van der Waals surface area (Å²) >= 11 is 1.47. The lowest BCUT2D eigenvalue weighted by Gasteiger charge is -2.15. The van der Waals surface area contributed by atoms with E-state index < -0.39 is 11.7 Å². The molecule has 1 amide bonds. The number of rotatable bonds is 7. The van der Waals surface area contributed by atoms with Gasteiger partial charge in [-0.2, -0.15) is 0 Å². The standard InChI is InChI=1S/C29H24FN5O2S/c1-17(2)24-13-12-22-27(34-24)31-16-32-28(22)35-25-15-18(33-29(37)21-5-3-4-6-23(21)30)7-14-26(25)38-20-10-8-19(36)9-11-20/h3-17,36H,1-2H3,(H,33,37)(H,31,32,34,35). The van der Waals surface area contributed by atoms with Crippen molar-refractivity contribution >= 4 is 45.9 Å². The third-order valence-electron chi connectivity index (χ3n) is 5.78. The molecule has 0 aliphatic heterocycles. The number of aromatic hydroxyl groups is 1. The van der Waals surface area contributed by atoms with Crippen molar-refractivity contribution in [2.45, 2.75) is 29.6 Å². The SMILES string of the molecule is CC(C)c1ccc2c(Nc3cc(NC(=O)c4ccccc4F)ccc3Sc3ccc(O)cc3)ncnc2n1. The largest absolute Gasteiger partial charge is 0.508 e. The Bertz CT molecular complexity index is 1630. The molecule has 3 N–H and O–H groups in total. The molecule has 0 aliphatic rings. The van der Waals surface area contributed by atoms with Gasteiger partial charge < -0.3 is 15.7 Å². The van der Waals surface area contributed by atoms with Gasteiger partial charge in [0.1, 0.15) is 23.7 Å². The number of hydrogen-bond acceptors (Lipinski definition) is 7. The lowest BCUT2D eigenvalue weighted by atomic mass is 10.1. The van der Waals surface area contributed by atoms with Crippen LogP contribution in [0.4, 0.5) is 21.6 Å². The number of phenolic OH excluding ortho intramolecular Hbond substituents is 1. The minimum absolute atomic E-state index is 0.0432. The molecule has 0 saturated heterocycles. The van der Waals surface area contributed by atoms with E-state index in [0.717, 1.165) is 20.9 Å². The van der Waals surface area contributed by atoms with Crippen molar-refractivity contribution in [2.24, 2.45) is 0 Å². The average Bonchev–Trinajstić information content (AvgIpc) is 2.91. The summed E-state index contributed by atoms with van der Waals surface area (Å²) in [6.07, 6.45) is 1.46. The zero-order valence-electron chi connectivity index (χ0n) is 20.6. The molecular weight excluding hydrogens is 501 g/mol. The van der Waals surface area contributed by atoms with Gasteiger partial charge in [-0.05, 0) is 72.6 Å². The summed E-state index contributed by atoms with van der Waals surface area (Å²) in [5, 5.41) is 16.5. The minimum Gasteiger partial charge on any atom is -0.508 e. The first kappa shape index (κ1) is 25.2. The van der Waals surface area contributed by atoms with Crippen LogP contribution < -0.4 is 10.6 Å². The zero-order valence-corrected chi connectivity index (χ0v) is 21.5. The molecule has 2 heterocycles. The van der Waals surface area contributed by atoms with Crippen molar-refractivity contribution in [3.8, 4) is 5.75 Å². The number of carbonyl (C=O) groups is 1. The quantitative estimate of drug-likeness (QED) is 0.208. The number of carbonyl (C=O) groups excluding carboxylic acids is 1. The molecule has 38 heavy (non-hydrogen) atoms. The molecule has 2 aromatic heterocycles. The smallest absolute Gasteiger partial charge is 0.258 e. The third kappa shape index (κ3) is 5.57. The highest BCUT2D eigenvalue weighted by atomic mass is 32.2. The number of fused-ring (bicyclic) bond motifs is 1. The monoisotopic (exact) mass is 525 g/mol. The molecule has 0 fully saturated rings. The number of hydrogen-bond donors (Lipinski definition) is 3. The fraction of sp³-hybridized carbons (Fsp3) is 0.103. The van der Waals surface area contributed by atoms with Crippen molar-refractivity contribution in [3.63, 3.8) is 0 Å². The van der Waals surface area contributed by atoms with E-state index in [2.05, 4.69) is 39.4 Å². The van der Waals surface area contributed by atoms with E-state index in [4.69, 9.17) is 0 Å². The highest BCUT2D eigenvalue weighted by molar-refractivity contribution is 7.99. The maximum Gasteiger partial charge on any atom is 0.258 e. The van der Waals surface area contributed by atoms with Crippen LogP contribution in [0.2, 0.25) is 0 Å². The Morgan fingerprint density at radius 3 is 2.53 bits per heavy atom. The molecule has 190 valence electrons. The van der Waals surface area contributed by atoms with Crippen LogP contribution in [0.3, 0.4) is 0 Å². The van der Waals surface area contributed by atoms with E-state index in [9.17, 15) is 14.3 Å². The van der Waals surface area contributed by atoms with Crippen LogP contribution in [0.15, 0.2) is 95.0 Å². The van der Waals surface area contributed by atoms with Crippen molar-refractivity contribution in [1.29, 1.82) is 0 Å². The molecule has 0 radical (unpaired) electrons. The molecule has 9 heteroatoms. The molecule has 7 nitrogen and oxygen atoms in total. The van der Waals surface area contributed by atoms with Gasteiger partial charge in [0.05, 0.1) is 16.6 Å². The second-order valence-corrected chi connectivity index (χ2v) is 9.97. The lowest BCUT2D eigenvalue weighted by Crippen LogP contribution is -2.13. The van der Waals surface area contributed by atoms with Gasteiger partial charge in [0, 0.05) is 21.2 Å². The zero-order chi connectivity index (χ0) is 26.6. The molecule has 0 aliphatic carbocycles. The minimum atomic E-state index is -0.594. The molecular formula is C29H24FN5O2S. The van der Waals surface area contributed by atoms with E-state index in [0.29, 0.717) is 22.8 Å². The summed E-state index contributed by atoms with van der Waals surface area (Å²) in [6, 6.07) is 22.0. The molecule has 5 rings (SSSR count). The van der Waals surface area contributed by atoms with Crippen LogP contribution in [0.25, 0.3) is 11.0 Å². The second-order valence-electron chi connectivity index (χ2n) is 8.85. The van der Waals surface area contributed by atoms with Gasteiger partial charge in [-0.3, -0.25) is 4.79 Å². The first-order valence-electron chi connectivity index (χ1n) is 11.9. The van der Waals surface area contributed by atoms with Gasteiger partial charge in [0.25, 0.3) is 5.91 Å². The van der Waals surface area contributed by atoms with Gasteiger partial charge >= 0.3 is 0 Å². The first-order chi connectivity index (χ1) is 18.4. The molecule has 0 saturated carbocycles. The Morgan fingerprint density at radius 2 is 1.76 bits per heavy atom. The van der Waals surface area contributed by atoms with Crippen LogP contribution in [0.5, 0.6) is 5.75 Å². The molecule has 5 aromatic rings. The van der Waals surface area contributed by atoms with Crippen molar-refractivity contribution in [1.82, 2.24) is 15.0 Å². The third-order valence-corrected chi connectivity index (χ3v) is 6.87. The van der Waals surface area contributed by atoms with Crippen LogP contribution >= 0.6 is 11.8 Å². The second kappa shape index (κ2) is 10.9. The number of anilines is 3.